The summed E-state index contributed by atoms with van der Waals surface area (Å²) in [5, 5.41) is 5.58. The van der Waals surface area contributed by atoms with Crippen molar-refractivity contribution in [2.45, 2.75) is 33.1 Å². The zero-order chi connectivity index (χ0) is 22.8. The molecule has 1 aliphatic heterocycles. The van der Waals surface area contributed by atoms with Crippen LogP contribution in [0.4, 0.5) is 0 Å². The first-order valence-electron chi connectivity index (χ1n) is 11.8. The van der Waals surface area contributed by atoms with E-state index in [-0.39, 0.29) is 51.0 Å². The van der Waals surface area contributed by atoms with Crippen molar-refractivity contribution in [1.29, 1.82) is 0 Å². The maximum Gasteiger partial charge on any atom is 4.00 e. The van der Waals surface area contributed by atoms with E-state index in [0.717, 1.165) is 9.52 Å². The zero-order valence-corrected chi connectivity index (χ0v) is 25.7. The molecule has 0 fully saturated rings. The third-order valence-electron chi connectivity index (χ3n) is 6.70. The maximum absolute atomic E-state index is 3.31. The third-order valence-corrected chi connectivity index (χ3v) is 8.07. The Kier molecular flexibility index (Phi) is 11.5. The van der Waals surface area contributed by atoms with Crippen molar-refractivity contribution in [1.82, 2.24) is 0 Å². The summed E-state index contributed by atoms with van der Waals surface area (Å²) < 4.78 is 0. The molecule has 36 heavy (non-hydrogen) atoms. The van der Waals surface area contributed by atoms with Crippen LogP contribution in [0.2, 0.25) is 0 Å². The summed E-state index contributed by atoms with van der Waals surface area (Å²) in [6.07, 6.45) is 1.19. The van der Waals surface area contributed by atoms with Gasteiger partial charge in [-0.2, -0.15) is 35.5 Å². The molecule has 0 amide bonds. The number of aryl methyl sites for hydroxylation is 1. The summed E-state index contributed by atoms with van der Waals surface area (Å²) in [6.45, 7) is 6.77. The summed E-state index contributed by atoms with van der Waals surface area (Å²) >= 11 is 0. The Balaban J connectivity index is 0.000000250. The van der Waals surface area contributed by atoms with Crippen LogP contribution in [-0.4, -0.2) is 9.52 Å². The molecule has 1 heterocycles. The smallest absolute Gasteiger partial charge is 1.00 e. The molecular weight excluding hydrogens is 575 g/mol. The molecule has 6 rings (SSSR count). The minimum Gasteiger partial charge on any atom is -1.00 e. The van der Waals surface area contributed by atoms with E-state index >= 15 is 0 Å². The number of hydrogen-bond acceptors (Lipinski definition) is 0. The van der Waals surface area contributed by atoms with Crippen LogP contribution in [0, 0.1) is 13.0 Å². The van der Waals surface area contributed by atoms with E-state index in [1.54, 1.807) is 0 Å². The van der Waals surface area contributed by atoms with Gasteiger partial charge in [-0.05, 0) is 18.4 Å². The summed E-state index contributed by atoms with van der Waals surface area (Å²) in [4.78, 5) is 0. The van der Waals surface area contributed by atoms with Gasteiger partial charge < -0.3 is 24.8 Å². The number of fused-ring (bicyclic) bond motifs is 4. The normalized spacial score (nSPS) is 11.5. The van der Waals surface area contributed by atoms with E-state index in [9.17, 15) is 0 Å². The molecule has 0 N–H and O–H groups in total. The molecule has 5 aromatic carbocycles. The fourth-order valence-corrected chi connectivity index (χ4v) is 5.96. The maximum atomic E-state index is 3.31. The number of hydrogen-bond donors (Lipinski definition) is 0. The fraction of sp³-hybridized carbons (Fsp3) is 0.156. The van der Waals surface area contributed by atoms with Crippen LogP contribution < -0.4 is 35.2 Å². The first-order chi connectivity index (χ1) is 16.2. The number of benzene rings is 4. The van der Waals surface area contributed by atoms with E-state index in [1.807, 2.05) is 6.07 Å². The Bertz CT molecular complexity index is 1370. The van der Waals surface area contributed by atoms with Crippen LogP contribution >= 0.6 is 0 Å². The average molecular weight is 603 g/mol. The second-order valence-electron chi connectivity index (χ2n) is 8.85. The summed E-state index contributed by atoms with van der Waals surface area (Å²) in [7, 11) is 0.795. The second-order valence-corrected chi connectivity index (χ2v) is 10.1. The Morgan fingerprint density at radius 3 is 2.31 bits per heavy atom. The van der Waals surface area contributed by atoms with E-state index in [4.69, 9.17) is 0 Å². The van der Waals surface area contributed by atoms with E-state index in [2.05, 4.69) is 118 Å². The monoisotopic (exact) mass is 600 g/mol. The van der Waals surface area contributed by atoms with Gasteiger partial charge in [0.2, 0.25) is 0 Å². The van der Waals surface area contributed by atoms with Crippen molar-refractivity contribution in [2.24, 2.45) is 0 Å². The second kappa shape index (κ2) is 13.6. The molecule has 0 saturated carbocycles. The van der Waals surface area contributed by atoms with Crippen molar-refractivity contribution in [3.8, 4) is 22.3 Å². The topological polar surface area (TPSA) is 0 Å². The van der Waals surface area contributed by atoms with Gasteiger partial charge in [0.05, 0.1) is 9.52 Å². The minimum atomic E-state index is 0. The van der Waals surface area contributed by atoms with Gasteiger partial charge in [0.25, 0.3) is 0 Å². The van der Waals surface area contributed by atoms with E-state index in [0.29, 0.717) is 5.92 Å². The molecular formula is C32H28Cl2SiZr. The van der Waals surface area contributed by atoms with Gasteiger partial charge in [-0.1, -0.05) is 96.7 Å². The van der Waals surface area contributed by atoms with Crippen LogP contribution in [0.1, 0.15) is 37.3 Å². The first kappa shape index (κ1) is 30.4. The van der Waals surface area contributed by atoms with Gasteiger partial charge in [0, 0.05) is 0 Å². The van der Waals surface area contributed by atoms with E-state index in [1.165, 1.54) is 60.9 Å². The molecule has 0 saturated heterocycles. The van der Waals surface area contributed by atoms with Gasteiger partial charge in [0.1, 0.15) is 0 Å². The number of halogens is 2. The Morgan fingerprint density at radius 1 is 0.861 bits per heavy atom. The Morgan fingerprint density at radius 2 is 1.56 bits per heavy atom. The van der Waals surface area contributed by atoms with Crippen LogP contribution in [0.15, 0.2) is 97.1 Å². The zero-order valence-electron chi connectivity index (χ0n) is 20.8. The standard InChI is InChI=1S/C20H21.C12H7Si.2ClH.Zr/c1-4-14(2)18-12-17-11-10-15(3)20(19(17)13-18)16-8-6-5-7-9-16;1-3-7-11-9(5-1)10-6-2-4-8-12(10)13-11;;;/h5-14H,4H2,1-3H3;1-7H;2*1H;/q2*-1;;;+4/p-2. The van der Waals surface area contributed by atoms with Crippen LogP contribution in [0.3, 0.4) is 0 Å². The van der Waals surface area contributed by atoms with Gasteiger partial charge in [-0.15, -0.1) is 40.1 Å². The largest absolute Gasteiger partial charge is 4.00 e. The molecule has 0 aliphatic carbocycles. The van der Waals surface area contributed by atoms with Gasteiger partial charge in [-0.3, -0.25) is 0 Å². The summed E-state index contributed by atoms with van der Waals surface area (Å²) in [5.41, 5.74) is 8.29. The molecule has 0 aromatic heterocycles. The van der Waals surface area contributed by atoms with E-state index < -0.39 is 0 Å². The molecule has 2 radical (unpaired) electrons. The molecule has 178 valence electrons. The van der Waals surface area contributed by atoms with Crippen molar-refractivity contribution in [3.05, 3.63) is 114 Å². The van der Waals surface area contributed by atoms with Gasteiger partial charge in [-0.25, -0.2) is 0 Å². The Labute approximate surface area is 249 Å². The molecule has 0 nitrogen and oxygen atoms in total. The summed E-state index contributed by atoms with van der Waals surface area (Å²) in [5.74, 6) is 0.631. The van der Waals surface area contributed by atoms with Gasteiger partial charge >= 0.3 is 26.2 Å². The first-order valence-corrected chi connectivity index (χ1v) is 12.8. The minimum absolute atomic E-state index is 0. The van der Waals surface area contributed by atoms with Crippen LogP contribution in [-0.2, 0) is 26.2 Å². The summed E-state index contributed by atoms with van der Waals surface area (Å²) in [6, 6.07) is 38.1. The van der Waals surface area contributed by atoms with Crippen molar-refractivity contribution in [2.75, 3.05) is 0 Å². The van der Waals surface area contributed by atoms with Crippen molar-refractivity contribution < 1.29 is 51.0 Å². The molecule has 0 spiro atoms. The third kappa shape index (κ3) is 6.17. The predicted octanol–water partition coefficient (Wildman–Crippen LogP) is 1.18. The molecule has 1 unspecified atom stereocenters. The van der Waals surface area contributed by atoms with Crippen molar-refractivity contribution >= 4 is 30.7 Å². The SMILES string of the molecule is CCC(C)c1cc2c(-c3ccccc3)c(C)ccc2[cH-]1.[Cl-].[Cl-].[Zr+4].[c-]1cccc2c1[Si]c1ccccc1-2. The molecule has 1 atom stereocenters. The predicted molar refractivity (Wildman–Crippen MR) is 144 cm³/mol. The fourth-order valence-electron chi connectivity index (χ4n) is 4.65. The number of rotatable bonds is 3. The van der Waals surface area contributed by atoms with Crippen LogP contribution in [0.5, 0.6) is 0 Å². The molecule has 5 aromatic rings. The van der Waals surface area contributed by atoms with Gasteiger partial charge in [0.15, 0.2) is 0 Å². The van der Waals surface area contributed by atoms with Crippen LogP contribution in [0.25, 0.3) is 33.0 Å². The Hall–Kier alpha value is -1.83. The molecule has 4 heteroatoms. The molecule has 1 aliphatic rings. The average Bonchev–Trinajstić information content (AvgIpc) is 3.46. The van der Waals surface area contributed by atoms with Crippen molar-refractivity contribution in [3.63, 3.8) is 0 Å². The quantitative estimate of drug-likeness (QED) is 0.211. The molecule has 0 bridgehead atoms.